The van der Waals surface area contributed by atoms with E-state index >= 15 is 0 Å². The monoisotopic (exact) mass is 430 g/mol. The van der Waals surface area contributed by atoms with E-state index in [9.17, 15) is 22.4 Å². The van der Waals surface area contributed by atoms with Crippen molar-refractivity contribution in [1.29, 1.82) is 0 Å². The van der Waals surface area contributed by atoms with Crippen molar-refractivity contribution in [3.63, 3.8) is 0 Å². The van der Waals surface area contributed by atoms with Crippen LogP contribution in [0, 0.1) is 23.3 Å². The second-order valence-corrected chi connectivity index (χ2v) is 7.46. The van der Waals surface area contributed by atoms with Gasteiger partial charge in [-0.2, -0.15) is 8.78 Å². The Bertz CT molecular complexity index is 860. The van der Waals surface area contributed by atoms with Crippen LogP contribution in [0.1, 0.15) is 64.6 Å². The summed E-state index contributed by atoms with van der Waals surface area (Å²) in [7, 11) is 0. The Morgan fingerprint density at radius 3 is 2.40 bits per heavy atom. The molecule has 0 saturated carbocycles. The van der Waals surface area contributed by atoms with E-state index in [4.69, 9.17) is 10.5 Å². The molecule has 2 aromatic rings. The van der Waals surface area contributed by atoms with Crippen LogP contribution >= 0.6 is 0 Å². The lowest BCUT2D eigenvalue weighted by atomic mass is 9.94. The largest absolute Gasteiger partial charge is 0.479 e. The van der Waals surface area contributed by atoms with Gasteiger partial charge in [0.25, 0.3) is 0 Å². The minimum absolute atomic E-state index is 0.0699. The Hall–Kier alpha value is -2.49. The fraction of sp³-hybridized carbons (Fsp3) is 0.550. The summed E-state index contributed by atoms with van der Waals surface area (Å²) in [5, 5.41) is 8.06. The predicted molar refractivity (Wildman–Crippen MR) is 102 cm³/mol. The zero-order valence-corrected chi connectivity index (χ0v) is 17.2. The molecule has 1 aromatic carbocycles. The maximum Gasteiger partial charge on any atom is 0.203 e. The van der Waals surface area contributed by atoms with E-state index in [-0.39, 0.29) is 6.07 Å². The molecule has 0 aliphatic heterocycles. The number of ketones is 1. The van der Waals surface area contributed by atoms with Crippen LogP contribution in [-0.4, -0.2) is 27.4 Å². The van der Waals surface area contributed by atoms with Gasteiger partial charge in [0, 0.05) is 6.07 Å². The zero-order chi connectivity index (χ0) is 22.5. The highest BCUT2D eigenvalue weighted by Crippen LogP contribution is 2.27. The fourth-order valence-electron chi connectivity index (χ4n) is 3.09. The van der Waals surface area contributed by atoms with Gasteiger partial charge in [0.15, 0.2) is 23.2 Å². The second-order valence-electron chi connectivity index (χ2n) is 7.46. The number of aromatic nitrogens is 3. The van der Waals surface area contributed by atoms with Crippen molar-refractivity contribution >= 4 is 5.78 Å². The van der Waals surface area contributed by atoms with Gasteiger partial charge in [-0.15, -0.1) is 5.10 Å². The van der Waals surface area contributed by atoms with Gasteiger partial charge in [-0.1, -0.05) is 38.3 Å². The van der Waals surface area contributed by atoms with Crippen LogP contribution < -0.4 is 10.5 Å². The number of carbonyl (C=O) groups is 1. The molecule has 0 radical (unpaired) electrons. The molecule has 0 saturated heterocycles. The Morgan fingerprint density at radius 2 is 1.83 bits per heavy atom. The van der Waals surface area contributed by atoms with Crippen LogP contribution in [0.3, 0.4) is 0 Å². The lowest BCUT2D eigenvalue weighted by Gasteiger charge is -2.21. The van der Waals surface area contributed by atoms with E-state index in [1.165, 1.54) is 4.68 Å². The topological polar surface area (TPSA) is 83.0 Å². The number of rotatable bonds is 11. The summed E-state index contributed by atoms with van der Waals surface area (Å²) in [6, 6.07) is -0.756. The van der Waals surface area contributed by atoms with Crippen molar-refractivity contribution in [2.75, 3.05) is 6.61 Å². The van der Waals surface area contributed by atoms with E-state index < -0.39 is 53.0 Å². The van der Waals surface area contributed by atoms with E-state index in [2.05, 4.69) is 10.3 Å². The predicted octanol–water partition coefficient (Wildman–Crippen LogP) is 4.19. The molecule has 0 amide bonds. The van der Waals surface area contributed by atoms with Gasteiger partial charge in [-0.25, -0.2) is 13.5 Å². The van der Waals surface area contributed by atoms with Gasteiger partial charge in [0.05, 0.1) is 11.7 Å². The molecule has 2 N–H and O–H groups in total. The number of carbonyl (C=O) groups excluding carboxylic acids is 1. The summed E-state index contributed by atoms with van der Waals surface area (Å²) >= 11 is 0. The van der Waals surface area contributed by atoms with Crippen LogP contribution in [0.25, 0.3) is 0 Å². The van der Waals surface area contributed by atoms with Crippen molar-refractivity contribution in [3.05, 3.63) is 41.2 Å². The molecular weight excluding hydrogens is 404 g/mol. The minimum atomic E-state index is -1.70. The average molecular weight is 430 g/mol. The van der Waals surface area contributed by atoms with Gasteiger partial charge < -0.3 is 10.5 Å². The van der Waals surface area contributed by atoms with E-state index in [0.717, 1.165) is 12.8 Å². The first kappa shape index (κ1) is 23.8. The van der Waals surface area contributed by atoms with Crippen molar-refractivity contribution in [3.8, 4) is 5.75 Å². The molecule has 0 spiro atoms. The maximum atomic E-state index is 13.8. The highest BCUT2D eigenvalue weighted by Gasteiger charge is 2.28. The molecular formula is C20H26F4N4O2. The highest BCUT2D eigenvalue weighted by molar-refractivity contribution is 5.84. The zero-order valence-electron chi connectivity index (χ0n) is 17.2. The fourth-order valence-corrected chi connectivity index (χ4v) is 3.09. The summed E-state index contributed by atoms with van der Waals surface area (Å²) in [6.07, 6.45) is 4.88. The summed E-state index contributed by atoms with van der Waals surface area (Å²) in [5.41, 5.74) is 6.03. The first-order valence-corrected chi connectivity index (χ1v) is 9.82. The third kappa shape index (κ3) is 5.35. The van der Waals surface area contributed by atoms with E-state index in [1.807, 2.05) is 13.8 Å². The smallest absolute Gasteiger partial charge is 0.203 e. The van der Waals surface area contributed by atoms with Crippen LogP contribution in [0.4, 0.5) is 17.6 Å². The molecule has 2 unspecified atom stereocenters. The molecule has 0 fully saturated rings. The number of ether oxygens (including phenoxy) is 1. The molecule has 0 aliphatic carbocycles. The van der Waals surface area contributed by atoms with Crippen molar-refractivity contribution in [2.24, 2.45) is 5.73 Å². The number of hydrogen-bond donors (Lipinski definition) is 1. The molecule has 6 nitrogen and oxygen atoms in total. The molecule has 0 bridgehead atoms. The molecule has 1 aromatic heterocycles. The third-order valence-electron chi connectivity index (χ3n) is 4.82. The van der Waals surface area contributed by atoms with Crippen LogP contribution in [0.5, 0.6) is 5.75 Å². The number of nitrogens with zero attached hydrogens (tertiary/aromatic N) is 3. The Balaban J connectivity index is 2.22. The van der Waals surface area contributed by atoms with Crippen molar-refractivity contribution in [2.45, 2.75) is 64.5 Å². The number of nitrogens with two attached hydrogens (primary N) is 1. The minimum Gasteiger partial charge on any atom is -0.479 e. The van der Waals surface area contributed by atoms with Gasteiger partial charge in [-0.05, 0) is 19.8 Å². The third-order valence-corrected chi connectivity index (χ3v) is 4.82. The SMILES string of the molecule is CCCCC(C(=O)COc1c(F)c(F)cc(F)c1F)n1cc(C(C)(N)CCC)nn1. The second kappa shape index (κ2) is 10.0. The van der Waals surface area contributed by atoms with Gasteiger partial charge in [-0.3, -0.25) is 4.79 Å². The molecule has 1 heterocycles. The highest BCUT2D eigenvalue weighted by atomic mass is 19.2. The number of unbranched alkanes of at least 4 members (excludes halogenated alkanes) is 1. The summed E-state index contributed by atoms with van der Waals surface area (Å²) in [5.74, 6) is -8.47. The normalized spacial score (nSPS) is 14.4. The number of benzene rings is 1. The first-order chi connectivity index (χ1) is 14.1. The van der Waals surface area contributed by atoms with E-state index in [1.54, 1.807) is 13.1 Å². The Labute approximate surface area is 172 Å². The standard InChI is InChI=1S/C20H26F4N4O2/c1-4-6-7-14(28-10-16(26-27-28)20(3,25)8-5-2)15(29)11-30-19-17(23)12(21)9-13(22)18(19)24/h9-10,14H,4-8,11,25H2,1-3H3. The summed E-state index contributed by atoms with van der Waals surface area (Å²) in [6.45, 7) is 4.92. The van der Waals surface area contributed by atoms with Gasteiger partial charge >= 0.3 is 0 Å². The van der Waals surface area contributed by atoms with Gasteiger partial charge in [0.2, 0.25) is 11.6 Å². The van der Waals surface area contributed by atoms with Crippen LogP contribution in [-0.2, 0) is 10.3 Å². The molecule has 30 heavy (non-hydrogen) atoms. The molecule has 0 aliphatic rings. The lowest BCUT2D eigenvalue weighted by Crippen LogP contribution is -2.33. The Morgan fingerprint density at radius 1 is 1.20 bits per heavy atom. The molecule has 10 heteroatoms. The summed E-state index contributed by atoms with van der Waals surface area (Å²) < 4.78 is 60.4. The lowest BCUT2D eigenvalue weighted by molar-refractivity contribution is -0.124. The Kier molecular flexibility index (Phi) is 7.94. The van der Waals surface area contributed by atoms with Crippen molar-refractivity contribution in [1.82, 2.24) is 15.0 Å². The van der Waals surface area contributed by atoms with Crippen LogP contribution in [0.15, 0.2) is 12.3 Å². The number of hydrogen-bond acceptors (Lipinski definition) is 5. The van der Waals surface area contributed by atoms with Crippen molar-refractivity contribution < 1.29 is 27.1 Å². The van der Waals surface area contributed by atoms with E-state index in [0.29, 0.717) is 25.0 Å². The molecule has 166 valence electrons. The molecule has 2 rings (SSSR count). The van der Waals surface area contributed by atoms with Crippen LogP contribution in [0.2, 0.25) is 0 Å². The first-order valence-electron chi connectivity index (χ1n) is 9.82. The number of Topliss-reactive ketones (excluding diaryl/α,β-unsaturated/α-hetero) is 1. The maximum absolute atomic E-state index is 13.8. The number of halogens is 4. The average Bonchev–Trinajstić information content (AvgIpc) is 3.17. The summed E-state index contributed by atoms with van der Waals surface area (Å²) in [4.78, 5) is 12.7. The van der Waals surface area contributed by atoms with Gasteiger partial charge in [0.1, 0.15) is 18.3 Å². The molecule has 2 atom stereocenters. The quantitative estimate of drug-likeness (QED) is 0.427.